The molecule has 0 spiro atoms. The summed E-state index contributed by atoms with van der Waals surface area (Å²) in [6, 6.07) is 5.93. The molecule has 1 N–H and O–H groups in total. The number of nitrogens with zero attached hydrogens (tertiary/aromatic N) is 1. The number of ether oxygens (including phenoxy) is 1. The van der Waals surface area contributed by atoms with Crippen molar-refractivity contribution in [2.75, 3.05) is 11.9 Å². The molecular formula is C14H14N2O2S. The first-order valence-electron chi connectivity index (χ1n) is 6.17. The van der Waals surface area contributed by atoms with Gasteiger partial charge in [0.2, 0.25) is 5.91 Å². The number of aryl methyl sites for hydroxylation is 1. The third-order valence-corrected chi connectivity index (χ3v) is 3.81. The largest absolute Gasteiger partial charge is 0.493 e. The second kappa shape index (κ2) is 5.01. The zero-order chi connectivity index (χ0) is 13.2. The van der Waals surface area contributed by atoms with Crippen molar-refractivity contribution in [2.45, 2.75) is 19.8 Å². The molecule has 0 radical (unpaired) electrons. The third-order valence-electron chi connectivity index (χ3n) is 2.99. The van der Waals surface area contributed by atoms with Gasteiger partial charge in [-0.3, -0.25) is 4.79 Å². The number of carbonyl (C=O) groups is 1. The summed E-state index contributed by atoms with van der Waals surface area (Å²) in [4.78, 5) is 17.1. The summed E-state index contributed by atoms with van der Waals surface area (Å²) in [5.41, 5.74) is 2.20. The van der Waals surface area contributed by atoms with E-state index in [0.29, 0.717) is 11.6 Å². The Hall–Kier alpha value is -1.88. The van der Waals surface area contributed by atoms with Gasteiger partial charge in [0.25, 0.3) is 0 Å². The van der Waals surface area contributed by atoms with E-state index >= 15 is 0 Å². The van der Waals surface area contributed by atoms with Crippen LogP contribution in [0.4, 0.5) is 5.13 Å². The average Bonchev–Trinajstić information content (AvgIpc) is 2.97. The Morgan fingerprint density at radius 2 is 2.42 bits per heavy atom. The number of aromatic nitrogens is 1. The zero-order valence-electron chi connectivity index (χ0n) is 10.6. The van der Waals surface area contributed by atoms with Crippen LogP contribution in [-0.2, 0) is 17.6 Å². The van der Waals surface area contributed by atoms with Crippen molar-refractivity contribution >= 4 is 22.4 Å². The second-order valence-corrected chi connectivity index (χ2v) is 5.78. The number of nitrogens with one attached hydrogen (secondary N) is 1. The highest BCUT2D eigenvalue weighted by Gasteiger charge is 2.13. The minimum absolute atomic E-state index is 0.0341. The summed E-state index contributed by atoms with van der Waals surface area (Å²) < 4.78 is 5.45. The molecule has 1 aliphatic rings. The number of anilines is 1. The van der Waals surface area contributed by atoms with Gasteiger partial charge < -0.3 is 10.1 Å². The maximum atomic E-state index is 11.9. The Kier molecular flexibility index (Phi) is 3.21. The van der Waals surface area contributed by atoms with Gasteiger partial charge in [-0.1, -0.05) is 12.1 Å². The van der Waals surface area contributed by atoms with Crippen LogP contribution in [0.3, 0.4) is 0 Å². The first-order chi connectivity index (χ1) is 9.20. The lowest BCUT2D eigenvalue weighted by molar-refractivity contribution is -0.115. The molecule has 1 aromatic heterocycles. The predicted octanol–water partition coefficient (Wildman–Crippen LogP) is 2.57. The van der Waals surface area contributed by atoms with E-state index in [2.05, 4.69) is 16.4 Å². The summed E-state index contributed by atoms with van der Waals surface area (Å²) in [6.45, 7) is 2.71. The molecule has 2 aromatic rings. The van der Waals surface area contributed by atoms with Crippen molar-refractivity contribution in [3.8, 4) is 5.75 Å². The number of fused-ring (bicyclic) bond motifs is 1. The van der Waals surface area contributed by atoms with E-state index in [1.54, 1.807) is 6.20 Å². The van der Waals surface area contributed by atoms with E-state index in [0.717, 1.165) is 29.2 Å². The molecule has 5 heteroatoms. The van der Waals surface area contributed by atoms with Gasteiger partial charge in [0.15, 0.2) is 5.13 Å². The molecule has 0 unspecified atom stereocenters. The molecule has 0 aliphatic carbocycles. The molecule has 1 aliphatic heterocycles. The van der Waals surface area contributed by atoms with Crippen LogP contribution >= 0.6 is 11.3 Å². The van der Waals surface area contributed by atoms with Gasteiger partial charge >= 0.3 is 0 Å². The van der Waals surface area contributed by atoms with Crippen LogP contribution in [0.25, 0.3) is 0 Å². The Balaban J connectivity index is 1.66. The molecule has 1 aromatic carbocycles. The molecular weight excluding hydrogens is 260 g/mol. The highest BCUT2D eigenvalue weighted by Crippen LogP contribution is 2.26. The summed E-state index contributed by atoms with van der Waals surface area (Å²) >= 11 is 1.48. The fourth-order valence-corrected chi connectivity index (χ4v) is 2.79. The highest BCUT2D eigenvalue weighted by atomic mass is 32.1. The lowest BCUT2D eigenvalue weighted by Gasteiger charge is -2.04. The maximum absolute atomic E-state index is 11.9. The van der Waals surface area contributed by atoms with Crippen LogP contribution in [0.1, 0.15) is 16.0 Å². The Morgan fingerprint density at radius 1 is 1.53 bits per heavy atom. The van der Waals surface area contributed by atoms with Gasteiger partial charge in [0, 0.05) is 17.5 Å². The lowest BCUT2D eigenvalue weighted by Crippen LogP contribution is -2.14. The molecule has 0 saturated heterocycles. The summed E-state index contributed by atoms with van der Waals surface area (Å²) in [6.07, 6.45) is 3.05. The van der Waals surface area contributed by atoms with E-state index < -0.39 is 0 Å². The Bertz CT molecular complexity index is 622. The first kappa shape index (κ1) is 12.2. The van der Waals surface area contributed by atoms with Crippen molar-refractivity contribution in [2.24, 2.45) is 0 Å². The van der Waals surface area contributed by atoms with Gasteiger partial charge in [-0.05, 0) is 24.1 Å². The zero-order valence-corrected chi connectivity index (χ0v) is 11.4. The molecule has 19 heavy (non-hydrogen) atoms. The van der Waals surface area contributed by atoms with Gasteiger partial charge in [0.1, 0.15) is 5.75 Å². The average molecular weight is 274 g/mol. The van der Waals surface area contributed by atoms with Crippen LogP contribution in [0.15, 0.2) is 24.4 Å². The topological polar surface area (TPSA) is 51.2 Å². The quantitative estimate of drug-likeness (QED) is 0.936. The predicted molar refractivity (Wildman–Crippen MR) is 74.8 cm³/mol. The molecule has 3 rings (SSSR count). The number of hydrogen-bond acceptors (Lipinski definition) is 4. The number of amides is 1. The Morgan fingerprint density at radius 3 is 3.21 bits per heavy atom. The van der Waals surface area contributed by atoms with Gasteiger partial charge in [-0.25, -0.2) is 4.98 Å². The van der Waals surface area contributed by atoms with Crippen LogP contribution in [-0.4, -0.2) is 17.5 Å². The van der Waals surface area contributed by atoms with E-state index in [-0.39, 0.29) is 5.91 Å². The number of hydrogen-bond donors (Lipinski definition) is 1. The van der Waals surface area contributed by atoms with Gasteiger partial charge in [0.05, 0.1) is 13.0 Å². The van der Waals surface area contributed by atoms with E-state index in [4.69, 9.17) is 4.74 Å². The molecule has 0 fully saturated rings. The molecule has 0 saturated carbocycles. The number of carbonyl (C=O) groups excluding carboxylic acids is 1. The summed E-state index contributed by atoms with van der Waals surface area (Å²) in [5, 5.41) is 3.48. The summed E-state index contributed by atoms with van der Waals surface area (Å²) in [7, 11) is 0. The van der Waals surface area contributed by atoms with Crippen LogP contribution in [0.2, 0.25) is 0 Å². The smallest absolute Gasteiger partial charge is 0.230 e. The van der Waals surface area contributed by atoms with Crippen LogP contribution in [0.5, 0.6) is 5.75 Å². The molecule has 0 bridgehead atoms. The van der Waals surface area contributed by atoms with Crippen molar-refractivity contribution in [1.82, 2.24) is 4.98 Å². The first-order valence-corrected chi connectivity index (χ1v) is 6.99. The highest BCUT2D eigenvalue weighted by molar-refractivity contribution is 7.15. The molecule has 1 amide bonds. The van der Waals surface area contributed by atoms with Gasteiger partial charge in [-0.15, -0.1) is 11.3 Å². The third kappa shape index (κ3) is 2.76. The van der Waals surface area contributed by atoms with E-state index in [9.17, 15) is 4.79 Å². The van der Waals surface area contributed by atoms with Crippen molar-refractivity contribution in [3.05, 3.63) is 40.4 Å². The fourth-order valence-electron chi connectivity index (χ4n) is 2.11. The van der Waals surface area contributed by atoms with Crippen molar-refractivity contribution in [1.29, 1.82) is 0 Å². The van der Waals surface area contributed by atoms with Crippen LogP contribution < -0.4 is 10.1 Å². The minimum Gasteiger partial charge on any atom is -0.493 e. The maximum Gasteiger partial charge on any atom is 0.230 e. The normalized spacial score (nSPS) is 12.9. The number of benzene rings is 1. The molecule has 2 heterocycles. The number of rotatable bonds is 3. The molecule has 0 atom stereocenters. The van der Waals surface area contributed by atoms with Crippen LogP contribution in [0, 0.1) is 6.92 Å². The SMILES string of the molecule is Cc1cnc(NC(=O)Cc2ccc3c(c2)CCO3)s1. The lowest BCUT2D eigenvalue weighted by atomic mass is 10.1. The Labute approximate surface area is 115 Å². The molecule has 98 valence electrons. The monoisotopic (exact) mass is 274 g/mol. The molecule has 4 nitrogen and oxygen atoms in total. The number of thiazole rings is 1. The van der Waals surface area contributed by atoms with Gasteiger partial charge in [-0.2, -0.15) is 0 Å². The minimum atomic E-state index is -0.0341. The van der Waals surface area contributed by atoms with E-state index in [1.807, 2.05) is 19.1 Å². The van der Waals surface area contributed by atoms with E-state index in [1.165, 1.54) is 16.9 Å². The fraction of sp³-hybridized carbons (Fsp3) is 0.286. The summed E-state index contributed by atoms with van der Waals surface area (Å²) in [5.74, 6) is 0.910. The standard InChI is InChI=1S/C14H14N2O2S/c1-9-8-15-14(19-9)16-13(17)7-10-2-3-12-11(6-10)4-5-18-12/h2-3,6,8H,4-5,7H2,1H3,(H,15,16,17). The van der Waals surface area contributed by atoms with Crippen molar-refractivity contribution < 1.29 is 9.53 Å². The van der Waals surface area contributed by atoms with Crippen molar-refractivity contribution in [3.63, 3.8) is 0 Å². The second-order valence-electron chi connectivity index (χ2n) is 4.54.